The Morgan fingerprint density at radius 3 is 3.00 bits per heavy atom. The highest BCUT2D eigenvalue weighted by Gasteiger charge is 2.36. The van der Waals surface area contributed by atoms with E-state index in [-0.39, 0.29) is 12.0 Å². The van der Waals surface area contributed by atoms with Crippen LogP contribution in [0.15, 0.2) is 0 Å². The Hall–Kier alpha value is -0.610. The van der Waals surface area contributed by atoms with Crippen LogP contribution < -0.4 is 5.32 Å². The Bertz CT molecular complexity index is 270. The summed E-state index contributed by atoms with van der Waals surface area (Å²) in [5.41, 5.74) is 0. The summed E-state index contributed by atoms with van der Waals surface area (Å²) in [4.78, 5) is 14.5. The first-order valence-electron chi connectivity index (χ1n) is 6.82. The van der Waals surface area contributed by atoms with Crippen molar-refractivity contribution >= 4 is 5.91 Å². The fourth-order valence-corrected chi connectivity index (χ4v) is 2.89. The molecule has 2 fully saturated rings. The molecule has 3 atom stereocenters. The van der Waals surface area contributed by atoms with Crippen molar-refractivity contribution in [2.24, 2.45) is 11.8 Å². The van der Waals surface area contributed by atoms with Crippen LogP contribution in [-0.4, -0.2) is 49.7 Å². The number of likely N-dealkylation sites (tertiary alicyclic amines) is 1. The molecule has 0 aromatic heterocycles. The van der Waals surface area contributed by atoms with Crippen molar-refractivity contribution in [1.82, 2.24) is 10.2 Å². The summed E-state index contributed by atoms with van der Waals surface area (Å²) in [5, 5.41) is 3.35. The van der Waals surface area contributed by atoms with Crippen molar-refractivity contribution in [3.05, 3.63) is 0 Å². The summed E-state index contributed by atoms with van der Waals surface area (Å²) in [7, 11) is 0. The average Bonchev–Trinajstić information content (AvgIpc) is 2.77. The molecule has 2 rings (SSSR count). The third-order valence-electron chi connectivity index (χ3n) is 3.83. The number of ether oxygens (including phenoxy) is 1. The Balaban J connectivity index is 1.93. The van der Waals surface area contributed by atoms with Gasteiger partial charge < -0.3 is 15.0 Å². The van der Waals surface area contributed by atoms with Crippen molar-refractivity contribution in [1.29, 1.82) is 0 Å². The molecule has 0 aromatic carbocycles. The number of likely N-dealkylation sites (N-methyl/N-ethyl adjacent to an activating group) is 1. The Morgan fingerprint density at radius 1 is 1.47 bits per heavy atom. The average molecular weight is 240 g/mol. The number of hydrogen-bond donors (Lipinski definition) is 1. The molecule has 0 aromatic rings. The molecule has 1 amide bonds. The standard InChI is InChI=1S/C13H24N2O2/c1-3-14-12-9-17-8-11(12)13(16)15-6-4-5-10(2)7-15/h10-12,14H,3-9H2,1-2H3. The van der Waals surface area contributed by atoms with Gasteiger partial charge in [-0.3, -0.25) is 4.79 Å². The van der Waals surface area contributed by atoms with Crippen LogP contribution in [0.3, 0.4) is 0 Å². The van der Waals surface area contributed by atoms with Gasteiger partial charge in [0.2, 0.25) is 5.91 Å². The minimum Gasteiger partial charge on any atom is -0.379 e. The Labute approximate surface area is 104 Å². The highest BCUT2D eigenvalue weighted by Crippen LogP contribution is 2.21. The van der Waals surface area contributed by atoms with Gasteiger partial charge in [0.15, 0.2) is 0 Å². The number of rotatable bonds is 3. The van der Waals surface area contributed by atoms with Crippen LogP contribution in [0.1, 0.15) is 26.7 Å². The molecule has 98 valence electrons. The lowest BCUT2D eigenvalue weighted by Gasteiger charge is -2.33. The highest BCUT2D eigenvalue weighted by molar-refractivity contribution is 5.80. The van der Waals surface area contributed by atoms with E-state index in [1.165, 1.54) is 6.42 Å². The molecule has 2 aliphatic heterocycles. The summed E-state index contributed by atoms with van der Waals surface area (Å²) in [6, 6.07) is 0.213. The number of amides is 1. The van der Waals surface area contributed by atoms with Crippen molar-refractivity contribution in [2.45, 2.75) is 32.7 Å². The first-order chi connectivity index (χ1) is 8.22. The minimum atomic E-state index is 0.0280. The number of carbonyl (C=O) groups is 1. The zero-order valence-corrected chi connectivity index (χ0v) is 10.9. The molecule has 1 N–H and O–H groups in total. The molecule has 0 saturated carbocycles. The van der Waals surface area contributed by atoms with Gasteiger partial charge in [0.05, 0.1) is 19.1 Å². The smallest absolute Gasteiger partial charge is 0.229 e. The van der Waals surface area contributed by atoms with Crippen molar-refractivity contribution < 1.29 is 9.53 Å². The quantitative estimate of drug-likeness (QED) is 0.796. The molecular formula is C13H24N2O2. The lowest BCUT2D eigenvalue weighted by molar-refractivity contribution is -0.137. The van der Waals surface area contributed by atoms with Gasteiger partial charge in [-0.25, -0.2) is 0 Å². The molecule has 3 unspecified atom stereocenters. The van der Waals surface area contributed by atoms with E-state index in [9.17, 15) is 4.79 Å². The maximum atomic E-state index is 12.4. The second-order valence-electron chi connectivity index (χ2n) is 5.34. The summed E-state index contributed by atoms with van der Waals surface area (Å²) in [6.07, 6.45) is 2.40. The van der Waals surface area contributed by atoms with E-state index in [4.69, 9.17) is 4.74 Å². The Kier molecular flexibility index (Phi) is 4.40. The van der Waals surface area contributed by atoms with E-state index < -0.39 is 0 Å². The largest absolute Gasteiger partial charge is 0.379 e. The highest BCUT2D eigenvalue weighted by atomic mass is 16.5. The van der Waals surface area contributed by atoms with Crippen LogP contribution in [-0.2, 0) is 9.53 Å². The van der Waals surface area contributed by atoms with Crippen LogP contribution in [0, 0.1) is 11.8 Å². The van der Waals surface area contributed by atoms with Gasteiger partial charge in [0, 0.05) is 19.1 Å². The topological polar surface area (TPSA) is 41.6 Å². The van der Waals surface area contributed by atoms with Gasteiger partial charge in [-0.1, -0.05) is 13.8 Å². The summed E-state index contributed by atoms with van der Waals surface area (Å²) >= 11 is 0. The van der Waals surface area contributed by atoms with E-state index in [0.717, 1.165) is 26.1 Å². The van der Waals surface area contributed by atoms with E-state index in [1.807, 2.05) is 4.90 Å². The van der Waals surface area contributed by atoms with Gasteiger partial charge in [-0.05, 0) is 25.3 Å². The van der Waals surface area contributed by atoms with Gasteiger partial charge in [0.1, 0.15) is 0 Å². The third kappa shape index (κ3) is 2.99. The molecule has 0 bridgehead atoms. The lowest BCUT2D eigenvalue weighted by atomic mass is 9.96. The maximum absolute atomic E-state index is 12.4. The van der Waals surface area contributed by atoms with Gasteiger partial charge in [-0.2, -0.15) is 0 Å². The monoisotopic (exact) mass is 240 g/mol. The van der Waals surface area contributed by atoms with Gasteiger partial charge >= 0.3 is 0 Å². The number of nitrogens with zero attached hydrogens (tertiary/aromatic N) is 1. The molecule has 0 spiro atoms. The number of piperidine rings is 1. The molecule has 4 heteroatoms. The van der Waals surface area contributed by atoms with Gasteiger partial charge in [-0.15, -0.1) is 0 Å². The lowest BCUT2D eigenvalue weighted by Crippen LogP contribution is -2.48. The van der Waals surface area contributed by atoms with Crippen LogP contribution in [0.25, 0.3) is 0 Å². The molecular weight excluding hydrogens is 216 g/mol. The van der Waals surface area contributed by atoms with Crippen molar-refractivity contribution in [3.63, 3.8) is 0 Å². The van der Waals surface area contributed by atoms with Crippen LogP contribution in [0.4, 0.5) is 0 Å². The first-order valence-corrected chi connectivity index (χ1v) is 6.82. The maximum Gasteiger partial charge on any atom is 0.229 e. The van der Waals surface area contributed by atoms with E-state index >= 15 is 0 Å². The third-order valence-corrected chi connectivity index (χ3v) is 3.83. The molecule has 4 nitrogen and oxygen atoms in total. The zero-order chi connectivity index (χ0) is 12.3. The van der Waals surface area contributed by atoms with E-state index in [0.29, 0.717) is 25.0 Å². The predicted octanol–water partition coefficient (Wildman–Crippen LogP) is 0.869. The fraction of sp³-hybridized carbons (Fsp3) is 0.923. The predicted molar refractivity (Wildman–Crippen MR) is 66.8 cm³/mol. The van der Waals surface area contributed by atoms with Crippen LogP contribution >= 0.6 is 0 Å². The molecule has 2 aliphatic rings. The zero-order valence-electron chi connectivity index (χ0n) is 10.9. The summed E-state index contributed by atoms with van der Waals surface area (Å²) in [6.45, 7) is 8.31. The number of nitrogens with one attached hydrogen (secondary N) is 1. The first kappa shape index (κ1) is 12.8. The second-order valence-corrected chi connectivity index (χ2v) is 5.34. The van der Waals surface area contributed by atoms with Crippen molar-refractivity contribution in [2.75, 3.05) is 32.8 Å². The molecule has 0 aliphatic carbocycles. The number of hydrogen-bond acceptors (Lipinski definition) is 3. The van der Waals surface area contributed by atoms with Gasteiger partial charge in [0.25, 0.3) is 0 Å². The second kappa shape index (κ2) is 5.83. The normalized spacial score (nSPS) is 34.0. The van der Waals surface area contributed by atoms with Crippen LogP contribution in [0.2, 0.25) is 0 Å². The fourth-order valence-electron chi connectivity index (χ4n) is 2.89. The van der Waals surface area contributed by atoms with E-state index in [2.05, 4.69) is 19.2 Å². The number of carbonyl (C=O) groups excluding carboxylic acids is 1. The van der Waals surface area contributed by atoms with E-state index in [1.54, 1.807) is 0 Å². The Morgan fingerprint density at radius 2 is 2.29 bits per heavy atom. The van der Waals surface area contributed by atoms with Crippen molar-refractivity contribution in [3.8, 4) is 0 Å². The molecule has 2 heterocycles. The summed E-state index contributed by atoms with van der Waals surface area (Å²) in [5.74, 6) is 0.966. The van der Waals surface area contributed by atoms with Crippen LogP contribution in [0.5, 0.6) is 0 Å². The molecule has 0 radical (unpaired) electrons. The molecule has 2 saturated heterocycles. The SMILES string of the molecule is CCNC1COCC1C(=O)N1CCCC(C)C1. The minimum absolute atomic E-state index is 0.0280. The summed E-state index contributed by atoms with van der Waals surface area (Å²) < 4.78 is 5.45. The molecule has 17 heavy (non-hydrogen) atoms.